The topological polar surface area (TPSA) is 398 Å². The van der Waals surface area contributed by atoms with Crippen LogP contribution in [0.2, 0.25) is 0 Å². The van der Waals surface area contributed by atoms with Crippen molar-refractivity contribution in [2.24, 2.45) is 0 Å². The fraction of sp³-hybridized carbons (Fsp3) is 0.176. The summed E-state index contributed by atoms with van der Waals surface area (Å²) >= 11 is 0. The van der Waals surface area contributed by atoms with Crippen molar-refractivity contribution in [2.45, 2.75) is 30.7 Å². The molecule has 23 heteroatoms. The number of aliphatic hydroxyl groups is 2. The highest BCUT2D eigenvalue weighted by molar-refractivity contribution is 6.05. The molecular weight excluding hydrogens is 776 g/mol. The largest absolute Gasteiger partial charge is 0.504 e. The molecule has 5 atom stereocenters. The van der Waals surface area contributed by atoms with Crippen LogP contribution in [0.3, 0.4) is 0 Å². The van der Waals surface area contributed by atoms with E-state index in [0.29, 0.717) is 30.3 Å². The molecule has 2 heterocycles. The minimum atomic E-state index is -2.32. The molecule has 4 aromatic rings. The molecule has 300 valence electrons. The molecule has 1 saturated heterocycles. The van der Waals surface area contributed by atoms with Crippen molar-refractivity contribution in [1.82, 2.24) is 0 Å². The predicted octanol–water partition coefficient (Wildman–Crippen LogP) is 0.605. The molecule has 14 N–H and O–H groups in total. The number of aromatic hydroxyl groups is 11. The van der Waals surface area contributed by atoms with E-state index in [2.05, 4.69) is 0 Å². The molecule has 2 aliphatic rings. The Hall–Kier alpha value is -7.76. The second-order valence-electron chi connectivity index (χ2n) is 12.1. The summed E-state index contributed by atoms with van der Waals surface area (Å²) in [5.74, 6) is -23.0. The molecule has 2 bridgehead atoms. The molecular formula is C34H26O23. The first-order valence-electron chi connectivity index (χ1n) is 15.6. The molecule has 0 spiro atoms. The number of rotatable bonds is 5. The van der Waals surface area contributed by atoms with Crippen LogP contribution in [-0.4, -0.2) is 133 Å². The number of phenolic OH excluding ortho intramolecular Hbond substituents is 11. The Morgan fingerprint density at radius 3 is 1.89 bits per heavy atom. The summed E-state index contributed by atoms with van der Waals surface area (Å²) in [6, 6.07) is 2.67. The van der Waals surface area contributed by atoms with Gasteiger partial charge in [-0.3, -0.25) is 0 Å². The monoisotopic (exact) mass is 802 g/mol. The van der Waals surface area contributed by atoms with Gasteiger partial charge in [-0.25, -0.2) is 19.2 Å². The number of hydrogen-bond donors (Lipinski definition) is 14. The van der Waals surface area contributed by atoms with E-state index in [1.54, 1.807) is 0 Å². The maximum atomic E-state index is 14.2. The van der Waals surface area contributed by atoms with Gasteiger partial charge < -0.3 is 95.2 Å². The third-order valence-electron chi connectivity index (χ3n) is 8.65. The Bertz CT molecular complexity index is 2360. The molecule has 0 radical (unpaired) electrons. The van der Waals surface area contributed by atoms with Crippen LogP contribution < -0.4 is 4.74 Å². The summed E-state index contributed by atoms with van der Waals surface area (Å²) in [4.78, 5) is 52.6. The minimum Gasteiger partial charge on any atom is -0.504 e. The van der Waals surface area contributed by atoms with Crippen molar-refractivity contribution < 1.29 is 114 Å². The molecule has 23 nitrogen and oxygen atoms in total. The number of ether oxygens (including phenoxy) is 5. The van der Waals surface area contributed by atoms with Crippen molar-refractivity contribution in [3.05, 3.63) is 52.6 Å². The molecule has 57 heavy (non-hydrogen) atoms. The van der Waals surface area contributed by atoms with Gasteiger partial charge in [0, 0.05) is 23.3 Å². The van der Waals surface area contributed by atoms with Crippen LogP contribution in [-0.2, 0) is 18.9 Å². The molecule has 0 amide bonds. The number of carbonyl (C=O) groups is 4. The van der Waals surface area contributed by atoms with E-state index in [0.717, 1.165) is 0 Å². The lowest BCUT2D eigenvalue weighted by Gasteiger charge is -2.41. The van der Waals surface area contributed by atoms with Crippen LogP contribution in [0, 0.1) is 0 Å². The zero-order valence-electron chi connectivity index (χ0n) is 27.9. The lowest BCUT2D eigenvalue weighted by molar-refractivity contribution is -0.285. The Morgan fingerprint density at radius 1 is 0.649 bits per heavy atom. The zero-order chi connectivity index (χ0) is 41.9. The Balaban J connectivity index is 1.55. The summed E-state index contributed by atoms with van der Waals surface area (Å²) in [5.41, 5.74) is -5.74. The normalized spacial score (nSPS) is 20.4. The molecule has 0 aromatic heterocycles. The van der Waals surface area contributed by atoms with Gasteiger partial charge in [0.25, 0.3) is 0 Å². The molecule has 4 aromatic carbocycles. The second-order valence-corrected chi connectivity index (χ2v) is 12.1. The quantitative estimate of drug-likeness (QED) is 0.0746. The van der Waals surface area contributed by atoms with E-state index in [1.165, 1.54) is 0 Å². The molecule has 0 aliphatic carbocycles. The molecule has 6 rings (SSSR count). The Morgan fingerprint density at radius 2 is 1.26 bits per heavy atom. The smallest absolute Gasteiger partial charge is 0.342 e. The first-order chi connectivity index (χ1) is 26.7. The summed E-state index contributed by atoms with van der Waals surface area (Å²) in [6.07, 6.45) is -11.0. The Labute approximate surface area is 314 Å². The van der Waals surface area contributed by atoms with Crippen molar-refractivity contribution in [2.75, 3.05) is 6.61 Å². The van der Waals surface area contributed by atoms with E-state index in [9.17, 15) is 90.7 Å². The van der Waals surface area contributed by atoms with E-state index >= 15 is 0 Å². The fourth-order valence-electron chi connectivity index (χ4n) is 5.79. The number of aliphatic hydroxyl groups excluding tert-OH is 2. The number of benzene rings is 4. The average Bonchev–Trinajstić information content (AvgIpc) is 3.16. The molecule has 1 fully saturated rings. The number of esters is 3. The summed E-state index contributed by atoms with van der Waals surface area (Å²) in [5, 5.41) is 145. The van der Waals surface area contributed by atoms with Gasteiger partial charge in [-0.15, -0.1) is 0 Å². The molecule has 0 saturated carbocycles. The SMILES string of the molecule is O=C(OC1C(O)C(O)OC2COC(=O)c3cc(c(O)c(O)c3O)-c3c(cc(Oc4c(C(=O)O)cc(O)c(O)c4O)c(O)c3O)C(=O)OC21)c1cc(O)c(O)c(O)c1. The minimum absolute atomic E-state index is 0.411. The summed E-state index contributed by atoms with van der Waals surface area (Å²) in [6.45, 7) is -1.07. The van der Waals surface area contributed by atoms with Crippen LogP contribution >= 0.6 is 0 Å². The van der Waals surface area contributed by atoms with Crippen molar-refractivity contribution >= 4 is 23.9 Å². The van der Waals surface area contributed by atoms with Crippen molar-refractivity contribution in [3.63, 3.8) is 0 Å². The second kappa shape index (κ2) is 14.1. The average molecular weight is 803 g/mol. The fourth-order valence-corrected chi connectivity index (χ4v) is 5.79. The maximum absolute atomic E-state index is 14.2. The van der Waals surface area contributed by atoms with Crippen LogP contribution in [0.25, 0.3) is 11.1 Å². The van der Waals surface area contributed by atoms with Crippen molar-refractivity contribution in [3.8, 4) is 85.9 Å². The number of carbonyl (C=O) groups excluding carboxylic acids is 3. The lowest BCUT2D eigenvalue weighted by atomic mass is 9.93. The van der Waals surface area contributed by atoms with Gasteiger partial charge >= 0.3 is 23.9 Å². The lowest BCUT2D eigenvalue weighted by Crippen LogP contribution is -2.61. The van der Waals surface area contributed by atoms with Crippen LogP contribution in [0.1, 0.15) is 41.4 Å². The Kier molecular flexibility index (Phi) is 9.67. The molecule has 5 unspecified atom stereocenters. The summed E-state index contributed by atoms with van der Waals surface area (Å²) < 4.78 is 26.4. The predicted molar refractivity (Wildman–Crippen MR) is 176 cm³/mol. The zero-order valence-corrected chi connectivity index (χ0v) is 27.9. The van der Waals surface area contributed by atoms with Crippen LogP contribution in [0.15, 0.2) is 30.3 Å². The highest BCUT2D eigenvalue weighted by Crippen LogP contribution is 2.55. The highest BCUT2D eigenvalue weighted by Gasteiger charge is 2.51. The van der Waals surface area contributed by atoms with Crippen molar-refractivity contribution in [1.29, 1.82) is 0 Å². The summed E-state index contributed by atoms with van der Waals surface area (Å²) in [7, 11) is 0. The van der Waals surface area contributed by atoms with Gasteiger partial charge in [0.05, 0.1) is 11.1 Å². The number of carboxylic acid groups (broad SMARTS) is 1. The van der Waals surface area contributed by atoms with E-state index in [4.69, 9.17) is 23.7 Å². The molecule has 2 aliphatic heterocycles. The first-order valence-corrected chi connectivity index (χ1v) is 15.6. The standard InChI is InChI=1S/C34H26O23/c35-12-1-7(2-13(36)20(12)40)31(49)57-29-26(46)34(52)55-16-6-53-32(50)10-3-8(18(38)24(44)19(10)39)17-9(33(51)56-28(16)29)5-15(22(42)23(17)43)54-27-11(30(47)48)4-14(37)21(41)25(27)45/h1-5,16,26,28-29,34-46,52H,6H2,(H,47,48). The number of cyclic esters (lactones) is 1. The maximum Gasteiger partial charge on any atom is 0.342 e. The number of carboxylic acids is 1. The van der Waals surface area contributed by atoms with Crippen LogP contribution in [0.4, 0.5) is 0 Å². The van der Waals surface area contributed by atoms with Gasteiger partial charge in [0.2, 0.25) is 23.0 Å². The van der Waals surface area contributed by atoms with E-state index in [1.807, 2.05) is 0 Å². The van der Waals surface area contributed by atoms with Gasteiger partial charge in [-0.05, 0) is 18.2 Å². The van der Waals surface area contributed by atoms with E-state index in [-0.39, 0.29) is 0 Å². The van der Waals surface area contributed by atoms with Crippen LogP contribution in [0.5, 0.6) is 74.7 Å². The van der Waals surface area contributed by atoms with Gasteiger partial charge in [0.1, 0.15) is 29.9 Å². The number of aromatic carboxylic acids is 1. The highest BCUT2D eigenvalue weighted by atomic mass is 16.7. The van der Waals surface area contributed by atoms with E-state index < -0.39 is 169 Å². The van der Waals surface area contributed by atoms with Gasteiger partial charge in [-0.2, -0.15) is 0 Å². The third kappa shape index (κ3) is 6.58. The van der Waals surface area contributed by atoms with Gasteiger partial charge in [-0.1, -0.05) is 0 Å². The number of phenols is 11. The third-order valence-corrected chi connectivity index (χ3v) is 8.65. The first kappa shape index (κ1) is 38.9. The number of hydrogen-bond acceptors (Lipinski definition) is 22. The number of fused-ring (bicyclic) bond motifs is 5. The van der Waals surface area contributed by atoms with Gasteiger partial charge in [0.15, 0.2) is 70.2 Å².